The van der Waals surface area contributed by atoms with Gasteiger partial charge in [0.25, 0.3) is 0 Å². The molecule has 2 heterocycles. The maximum absolute atomic E-state index is 5.90. The second-order valence-corrected chi connectivity index (χ2v) is 4.03. The minimum absolute atomic E-state index is 0.437. The molecule has 0 aromatic carbocycles. The van der Waals surface area contributed by atoms with Gasteiger partial charge in [0.15, 0.2) is 5.82 Å². The van der Waals surface area contributed by atoms with Gasteiger partial charge in [0.2, 0.25) is 0 Å². The van der Waals surface area contributed by atoms with Crippen LogP contribution in [0.15, 0.2) is 34.9 Å². The summed E-state index contributed by atoms with van der Waals surface area (Å²) in [5.74, 6) is 1.56. The third kappa shape index (κ3) is 2.71. The normalized spacial score (nSPS) is 10.5. The molecular weight excluding hydrogens is 238 g/mol. The fourth-order valence-electron chi connectivity index (χ4n) is 1.62. The Kier molecular flexibility index (Phi) is 3.54. The highest BCUT2D eigenvalue weighted by molar-refractivity contribution is 6.29. The Bertz CT molecular complexity index is 485. The highest BCUT2D eigenvalue weighted by Gasteiger charge is 2.12. The summed E-state index contributed by atoms with van der Waals surface area (Å²) in [5.41, 5.74) is 6.52. The molecule has 4 nitrogen and oxygen atoms in total. The molecule has 0 aliphatic carbocycles. The first-order valence-corrected chi connectivity index (χ1v) is 5.78. The van der Waals surface area contributed by atoms with E-state index in [0.29, 0.717) is 23.2 Å². The van der Waals surface area contributed by atoms with Crippen molar-refractivity contribution in [3.8, 4) is 0 Å². The smallest absolute Gasteiger partial charge is 0.153 e. The Morgan fingerprint density at radius 1 is 1.41 bits per heavy atom. The minimum Gasteiger partial charge on any atom is -0.467 e. The topological polar surface area (TPSA) is 55.3 Å². The quantitative estimate of drug-likeness (QED) is 0.849. The molecule has 0 atom stereocenters. The van der Waals surface area contributed by atoms with E-state index < -0.39 is 0 Å². The molecule has 2 rings (SSSR count). The van der Waals surface area contributed by atoms with E-state index in [9.17, 15) is 0 Å². The average molecular weight is 252 g/mol. The fourth-order valence-corrected chi connectivity index (χ4v) is 1.76. The molecule has 17 heavy (non-hydrogen) atoms. The molecule has 0 aliphatic heterocycles. The summed E-state index contributed by atoms with van der Waals surface area (Å²) in [6.07, 6.45) is 1.65. The monoisotopic (exact) mass is 251 g/mol. The molecule has 0 bridgehead atoms. The van der Waals surface area contributed by atoms with Gasteiger partial charge in [-0.1, -0.05) is 11.6 Å². The molecular formula is C12H14ClN3O. The van der Waals surface area contributed by atoms with Crippen molar-refractivity contribution >= 4 is 23.1 Å². The largest absolute Gasteiger partial charge is 0.467 e. The van der Waals surface area contributed by atoms with Crippen LogP contribution in [0, 0.1) is 0 Å². The molecule has 0 amide bonds. The van der Waals surface area contributed by atoms with Crippen LogP contribution in [0.4, 0.5) is 11.5 Å². The van der Waals surface area contributed by atoms with Gasteiger partial charge >= 0.3 is 0 Å². The molecule has 2 aromatic rings. The van der Waals surface area contributed by atoms with Crippen LogP contribution in [0.2, 0.25) is 5.15 Å². The van der Waals surface area contributed by atoms with Gasteiger partial charge in [-0.05, 0) is 31.2 Å². The van der Waals surface area contributed by atoms with E-state index in [1.807, 2.05) is 24.0 Å². The van der Waals surface area contributed by atoms with Crippen molar-refractivity contribution in [2.45, 2.75) is 13.5 Å². The molecule has 2 aromatic heterocycles. The zero-order valence-corrected chi connectivity index (χ0v) is 10.3. The van der Waals surface area contributed by atoms with Crippen LogP contribution >= 0.6 is 11.6 Å². The van der Waals surface area contributed by atoms with Crippen LogP contribution in [0.5, 0.6) is 0 Å². The molecule has 5 heteroatoms. The standard InChI is InChI=1S/C12H14ClN3O/c1-2-16(8-9-4-3-7-17-9)12-10(14)5-6-11(13)15-12/h3-7H,2,8,14H2,1H3. The summed E-state index contributed by atoms with van der Waals surface area (Å²) < 4.78 is 5.31. The van der Waals surface area contributed by atoms with Crippen LogP contribution < -0.4 is 10.6 Å². The van der Waals surface area contributed by atoms with E-state index in [1.54, 1.807) is 18.4 Å². The highest BCUT2D eigenvalue weighted by atomic mass is 35.5. The first-order chi connectivity index (χ1) is 8.20. The number of aromatic nitrogens is 1. The number of nitrogens with two attached hydrogens (primary N) is 1. The third-order valence-electron chi connectivity index (χ3n) is 2.48. The number of halogens is 1. The summed E-state index contributed by atoms with van der Waals surface area (Å²) in [5, 5.41) is 0.437. The summed E-state index contributed by atoms with van der Waals surface area (Å²) in [4.78, 5) is 6.26. The van der Waals surface area contributed by atoms with Gasteiger partial charge in [0.05, 0.1) is 18.5 Å². The molecule has 0 unspecified atom stereocenters. The number of nitrogen functional groups attached to an aromatic ring is 1. The van der Waals surface area contributed by atoms with Crippen molar-refractivity contribution in [3.05, 3.63) is 41.4 Å². The fraction of sp³-hybridized carbons (Fsp3) is 0.250. The van der Waals surface area contributed by atoms with Crippen molar-refractivity contribution in [3.63, 3.8) is 0 Å². The molecule has 0 spiro atoms. The first kappa shape index (κ1) is 11.8. The first-order valence-electron chi connectivity index (χ1n) is 5.40. The Labute approximate surface area is 105 Å². The zero-order chi connectivity index (χ0) is 12.3. The highest BCUT2D eigenvalue weighted by Crippen LogP contribution is 2.24. The van der Waals surface area contributed by atoms with Gasteiger partial charge in [-0.25, -0.2) is 4.98 Å². The average Bonchev–Trinajstić information content (AvgIpc) is 2.82. The van der Waals surface area contributed by atoms with Crippen molar-refractivity contribution in [1.82, 2.24) is 4.98 Å². The molecule has 0 radical (unpaired) electrons. The van der Waals surface area contributed by atoms with Crippen LogP contribution in [0.1, 0.15) is 12.7 Å². The molecule has 0 fully saturated rings. The van der Waals surface area contributed by atoms with Crippen molar-refractivity contribution < 1.29 is 4.42 Å². The lowest BCUT2D eigenvalue weighted by Gasteiger charge is -2.22. The van der Waals surface area contributed by atoms with Gasteiger partial charge in [-0.2, -0.15) is 0 Å². The van der Waals surface area contributed by atoms with E-state index >= 15 is 0 Å². The van der Waals surface area contributed by atoms with Crippen LogP contribution in [-0.2, 0) is 6.54 Å². The second kappa shape index (κ2) is 5.10. The number of pyridine rings is 1. The predicted molar refractivity (Wildman–Crippen MR) is 69.1 cm³/mol. The SMILES string of the molecule is CCN(Cc1ccco1)c1nc(Cl)ccc1N. The number of anilines is 2. The number of furan rings is 1. The van der Waals surface area contributed by atoms with E-state index in [2.05, 4.69) is 4.98 Å². The summed E-state index contributed by atoms with van der Waals surface area (Å²) in [6.45, 7) is 3.43. The van der Waals surface area contributed by atoms with E-state index in [0.717, 1.165) is 12.3 Å². The second-order valence-electron chi connectivity index (χ2n) is 3.64. The Balaban J connectivity index is 2.25. The van der Waals surface area contributed by atoms with Crippen molar-refractivity contribution in [2.24, 2.45) is 0 Å². The van der Waals surface area contributed by atoms with Gasteiger partial charge in [-0.3, -0.25) is 0 Å². The van der Waals surface area contributed by atoms with Crippen LogP contribution in [0.25, 0.3) is 0 Å². The van der Waals surface area contributed by atoms with Gasteiger partial charge in [0, 0.05) is 6.54 Å². The third-order valence-corrected chi connectivity index (χ3v) is 2.69. The Morgan fingerprint density at radius 3 is 2.88 bits per heavy atom. The lowest BCUT2D eigenvalue weighted by atomic mass is 10.3. The molecule has 0 aliphatic rings. The lowest BCUT2D eigenvalue weighted by Crippen LogP contribution is -2.24. The lowest BCUT2D eigenvalue weighted by molar-refractivity contribution is 0.503. The van der Waals surface area contributed by atoms with Crippen molar-refractivity contribution in [1.29, 1.82) is 0 Å². The molecule has 2 N–H and O–H groups in total. The summed E-state index contributed by atoms with van der Waals surface area (Å²) in [7, 11) is 0. The number of hydrogen-bond acceptors (Lipinski definition) is 4. The van der Waals surface area contributed by atoms with Crippen LogP contribution in [0.3, 0.4) is 0 Å². The minimum atomic E-state index is 0.437. The number of hydrogen-bond donors (Lipinski definition) is 1. The number of nitrogens with zero attached hydrogens (tertiary/aromatic N) is 2. The predicted octanol–water partition coefficient (Wildman–Crippen LogP) is 2.94. The maximum atomic E-state index is 5.90. The molecule has 0 saturated carbocycles. The zero-order valence-electron chi connectivity index (χ0n) is 9.56. The molecule has 0 saturated heterocycles. The van der Waals surface area contributed by atoms with E-state index in [4.69, 9.17) is 21.8 Å². The van der Waals surface area contributed by atoms with Gasteiger partial charge in [0.1, 0.15) is 10.9 Å². The van der Waals surface area contributed by atoms with Crippen molar-refractivity contribution in [2.75, 3.05) is 17.2 Å². The van der Waals surface area contributed by atoms with Gasteiger partial charge < -0.3 is 15.1 Å². The Hall–Kier alpha value is -1.68. The van der Waals surface area contributed by atoms with E-state index in [1.165, 1.54) is 0 Å². The Morgan fingerprint density at radius 2 is 2.24 bits per heavy atom. The molecule has 90 valence electrons. The van der Waals surface area contributed by atoms with Gasteiger partial charge in [-0.15, -0.1) is 0 Å². The van der Waals surface area contributed by atoms with E-state index in [-0.39, 0.29) is 0 Å². The number of rotatable bonds is 4. The maximum Gasteiger partial charge on any atom is 0.153 e. The summed E-state index contributed by atoms with van der Waals surface area (Å²) >= 11 is 5.88. The van der Waals surface area contributed by atoms with Crippen LogP contribution in [-0.4, -0.2) is 11.5 Å². The summed E-state index contributed by atoms with van der Waals surface area (Å²) in [6, 6.07) is 7.22.